The Morgan fingerprint density at radius 1 is 1.28 bits per heavy atom. The van der Waals surface area contributed by atoms with Gasteiger partial charge in [0, 0.05) is 31.5 Å². The summed E-state index contributed by atoms with van der Waals surface area (Å²) in [6.07, 6.45) is 2.21. The number of carbonyl (C=O) groups excluding carboxylic acids is 2. The van der Waals surface area contributed by atoms with Gasteiger partial charge in [0.1, 0.15) is 5.56 Å². The molecule has 134 valence electrons. The highest BCUT2D eigenvalue weighted by Crippen LogP contribution is 2.33. The lowest BCUT2D eigenvalue weighted by atomic mass is 10.1. The van der Waals surface area contributed by atoms with Crippen LogP contribution < -0.4 is 10.9 Å². The predicted molar refractivity (Wildman–Crippen MR) is 93.0 cm³/mol. The van der Waals surface area contributed by atoms with Gasteiger partial charge in [0.05, 0.1) is 15.6 Å². The number of carbonyl (C=O) groups is 2. The van der Waals surface area contributed by atoms with E-state index in [-0.39, 0.29) is 26.7 Å². The number of nitrogens with one attached hydrogen (secondary N) is 2. The molecular weight excluding hydrogens is 370 g/mol. The maximum absolute atomic E-state index is 12.6. The van der Waals surface area contributed by atoms with Crippen LogP contribution in [0.15, 0.2) is 28.0 Å². The molecule has 8 nitrogen and oxygen atoms in total. The Morgan fingerprint density at radius 2 is 1.92 bits per heavy atom. The second-order valence-electron chi connectivity index (χ2n) is 5.32. The van der Waals surface area contributed by atoms with Crippen LogP contribution >= 0.6 is 11.6 Å². The topological polar surface area (TPSA) is 118 Å². The minimum atomic E-state index is -3.70. The third-order valence-corrected chi connectivity index (χ3v) is 4.98. The highest BCUT2D eigenvalue weighted by molar-refractivity contribution is 7.90. The monoisotopic (exact) mass is 385 g/mol. The number of rotatable bonds is 5. The number of hydrogen-bond donors (Lipinski definition) is 2. The summed E-state index contributed by atoms with van der Waals surface area (Å²) in [7, 11) is -3.70. The molecule has 0 atom stereocenters. The lowest BCUT2D eigenvalue weighted by Crippen LogP contribution is -2.21. The van der Waals surface area contributed by atoms with Gasteiger partial charge in [0.25, 0.3) is 5.56 Å². The third-order valence-electron chi connectivity index (χ3n) is 3.45. The fourth-order valence-corrected chi connectivity index (χ4v) is 3.48. The van der Waals surface area contributed by atoms with Crippen LogP contribution in [0.3, 0.4) is 0 Å². The summed E-state index contributed by atoms with van der Waals surface area (Å²) in [5.41, 5.74) is -0.924. The van der Waals surface area contributed by atoms with Crippen molar-refractivity contribution >= 4 is 38.8 Å². The lowest BCUT2D eigenvalue weighted by molar-refractivity contribution is -0.114. The normalized spacial score (nSPS) is 11.4. The zero-order chi connectivity index (χ0) is 18.9. The van der Waals surface area contributed by atoms with E-state index < -0.39 is 27.1 Å². The van der Waals surface area contributed by atoms with Gasteiger partial charge in [-0.05, 0) is 19.1 Å². The molecule has 2 aromatic rings. The molecule has 0 aliphatic heterocycles. The Bertz CT molecular complexity index is 1020. The van der Waals surface area contributed by atoms with Crippen LogP contribution in [0.1, 0.15) is 29.8 Å². The standard InChI is InChI=1S/C15H16ClN3O5S/c1-4-19-15(22)10(7-17-19)14(21)9-5-6-11(25(3,23)24)13(12(9)16)18-8(2)20/h5-7,17H,4H2,1-3H3,(H,18,20). The van der Waals surface area contributed by atoms with Gasteiger partial charge in [0.15, 0.2) is 9.84 Å². The molecule has 1 heterocycles. The van der Waals surface area contributed by atoms with Crippen molar-refractivity contribution in [2.75, 3.05) is 11.6 Å². The molecule has 1 aromatic heterocycles. The van der Waals surface area contributed by atoms with E-state index >= 15 is 0 Å². The molecule has 0 saturated carbocycles. The first-order valence-electron chi connectivity index (χ1n) is 7.21. The lowest BCUT2D eigenvalue weighted by Gasteiger charge is -2.13. The van der Waals surface area contributed by atoms with E-state index in [9.17, 15) is 22.8 Å². The zero-order valence-corrected chi connectivity index (χ0v) is 15.3. The van der Waals surface area contributed by atoms with E-state index in [0.29, 0.717) is 6.54 Å². The number of amides is 1. The van der Waals surface area contributed by atoms with Crippen LogP contribution in [-0.4, -0.2) is 36.1 Å². The number of sulfone groups is 1. The summed E-state index contributed by atoms with van der Waals surface area (Å²) in [4.78, 5) is 35.9. The molecule has 0 spiro atoms. The highest BCUT2D eigenvalue weighted by atomic mass is 35.5. The number of anilines is 1. The van der Waals surface area contributed by atoms with Gasteiger partial charge in [-0.1, -0.05) is 11.6 Å². The summed E-state index contributed by atoms with van der Waals surface area (Å²) in [5.74, 6) is -1.23. The van der Waals surface area contributed by atoms with Gasteiger partial charge in [-0.25, -0.2) is 8.42 Å². The Balaban J connectivity index is 2.67. The van der Waals surface area contributed by atoms with Crippen molar-refractivity contribution in [3.05, 3.63) is 44.8 Å². The van der Waals surface area contributed by atoms with Crippen LogP contribution in [0.25, 0.3) is 0 Å². The van der Waals surface area contributed by atoms with E-state index in [1.165, 1.54) is 29.9 Å². The van der Waals surface area contributed by atoms with E-state index in [1.54, 1.807) is 6.92 Å². The van der Waals surface area contributed by atoms with Crippen LogP contribution in [0, 0.1) is 0 Å². The molecule has 1 aromatic carbocycles. The van der Waals surface area contributed by atoms with Crippen molar-refractivity contribution in [3.63, 3.8) is 0 Å². The van der Waals surface area contributed by atoms with E-state index in [4.69, 9.17) is 11.6 Å². The maximum atomic E-state index is 12.6. The Morgan fingerprint density at radius 3 is 2.40 bits per heavy atom. The molecule has 0 radical (unpaired) electrons. The number of ketones is 1. The van der Waals surface area contributed by atoms with E-state index in [1.807, 2.05) is 0 Å². The predicted octanol–water partition coefficient (Wildman–Crippen LogP) is 1.44. The Labute approximate surface area is 148 Å². The fourth-order valence-electron chi connectivity index (χ4n) is 2.29. The maximum Gasteiger partial charge on any atom is 0.277 e. The Kier molecular flexibility index (Phi) is 5.19. The average molecular weight is 386 g/mol. The van der Waals surface area contributed by atoms with E-state index in [2.05, 4.69) is 10.4 Å². The molecular formula is C15H16ClN3O5S. The molecule has 2 rings (SSSR count). The molecule has 10 heteroatoms. The molecule has 2 N–H and O–H groups in total. The van der Waals surface area contributed by atoms with Crippen LogP contribution in [0.4, 0.5) is 5.69 Å². The number of aromatic amines is 1. The largest absolute Gasteiger partial charge is 0.324 e. The Hall–Kier alpha value is -2.39. The molecule has 0 aliphatic rings. The summed E-state index contributed by atoms with van der Waals surface area (Å²) < 4.78 is 25.0. The van der Waals surface area contributed by atoms with Crippen molar-refractivity contribution in [3.8, 4) is 0 Å². The number of aryl methyl sites for hydroxylation is 1. The van der Waals surface area contributed by atoms with Gasteiger partial charge >= 0.3 is 0 Å². The number of benzene rings is 1. The van der Waals surface area contributed by atoms with Crippen molar-refractivity contribution in [2.24, 2.45) is 0 Å². The second-order valence-corrected chi connectivity index (χ2v) is 7.68. The minimum absolute atomic E-state index is 0.0860. The number of hydrogen-bond acceptors (Lipinski definition) is 5. The van der Waals surface area contributed by atoms with Crippen LogP contribution in [0.5, 0.6) is 0 Å². The molecule has 0 aliphatic carbocycles. The molecule has 25 heavy (non-hydrogen) atoms. The van der Waals surface area contributed by atoms with Gasteiger partial charge in [-0.2, -0.15) is 0 Å². The molecule has 0 fully saturated rings. The SMILES string of the molecule is CCn1[nH]cc(C(=O)c2ccc(S(C)(=O)=O)c(NC(C)=O)c2Cl)c1=O. The van der Waals surface area contributed by atoms with Gasteiger partial charge in [-0.3, -0.25) is 19.1 Å². The van der Waals surface area contributed by atoms with Crippen molar-refractivity contribution in [2.45, 2.75) is 25.3 Å². The third kappa shape index (κ3) is 3.67. The first kappa shape index (κ1) is 18.9. The summed E-state index contributed by atoms with van der Waals surface area (Å²) in [6.45, 7) is 3.27. The number of aromatic nitrogens is 2. The summed E-state index contributed by atoms with van der Waals surface area (Å²) in [6, 6.07) is 2.39. The quantitative estimate of drug-likeness (QED) is 0.755. The number of H-pyrrole nitrogens is 1. The van der Waals surface area contributed by atoms with Crippen LogP contribution in [0.2, 0.25) is 5.02 Å². The van der Waals surface area contributed by atoms with Gasteiger partial charge in [-0.15, -0.1) is 0 Å². The number of nitrogens with zero attached hydrogens (tertiary/aromatic N) is 1. The first-order chi connectivity index (χ1) is 11.6. The van der Waals surface area contributed by atoms with Crippen molar-refractivity contribution < 1.29 is 18.0 Å². The molecule has 1 amide bonds. The molecule has 0 saturated heterocycles. The fraction of sp³-hybridized carbons (Fsp3) is 0.267. The van der Waals surface area contributed by atoms with Gasteiger partial charge < -0.3 is 10.4 Å². The van der Waals surface area contributed by atoms with Gasteiger partial charge in [0.2, 0.25) is 11.7 Å². The van der Waals surface area contributed by atoms with Crippen molar-refractivity contribution in [1.82, 2.24) is 9.78 Å². The highest BCUT2D eigenvalue weighted by Gasteiger charge is 2.25. The zero-order valence-electron chi connectivity index (χ0n) is 13.7. The van der Waals surface area contributed by atoms with Crippen LogP contribution in [-0.2, 0) is 21.2 Å². The van der Waals surface area contributed by atoms with Crippen molar-refractivity contribution in [1.29, 1.82) is 0 Å². The smallest absolute Gasteiger partial charge is 0.277 e. The average Bonchev–Trinajstić information content (AvgIpc) is 2.87. The second kappa shape index (κ2) is 6.85. The summed E-state index contributed by atoms with van der Waals surface area (Å²) in [5, 5.41) is 4.74. The molecule has 0 unspecified atom stereocenters. The minimum Gasteiger partial charge on any atom is -0.324 e. The van der Waals surface area contributed by atoms with E-state index in [0.717, 1.165) is 6.26 Å². The summed E-state index contributed by atoms with van der Waals surface area (Å²) >= 11 is 6.18. The molecule has 0 bridgehead atoms. The number of halogens is 1. The first-order valence-corrected chi connectivity index (χ1v) is 9.48.